The Morgan fingerprint density at radius 1 is 0.917 bits per heavy atom. The van der Waals surface area contributed by atoms with E-state index in [1.54, 1.807) is 12.1 Å². The van der Waals surface area contributed by atoms with Gasteiger partial charge >= 0.3 is 29.6 Å². The monoisotopic (exact) mass is 538 g/mol. The number of aliphatic hydroxyl groups excluding tert-OH is 5. The van der Waals surface area contributed by atoms with Gasteiger partial charge in [0.2, 0.25) is 0 Å². The number of aromatic carboxylic acids is 1. The molecule has 10 atom stereocenters. The van der Waals surface area contributed by atoms with Crippen LogP contribution in [0.4, 0.5) is 0 Å². The van der Waals surface area contributed by atoms with Gasteiger partial charge in [-0.25, -0.2) is 0 Å². The molecule has 5 N–H and O–H groups in total. The van der Waals surface area contributed by atoms with Crippen molar-refractivity contribution >= 4 is 17.7 Å². The number of carboxylic acid groups (broad SMARTS) is 1. The summed E-state index contributed by atoms with van der Waals surface area (Å²) in [6.45, 7) is -0.163. The zero-order chi connectivity index (χ0) is 25.1. The second-order valence-electron chi connectivity index (χ2n) is 8.98. The molecule has 6 heterocycles. The number of carbonyl (C=O) groups excluding carboxylic acids is 1. The summed E-state index contributed by atoms with van der Waals surface area (Å²) in [5, 5.41) is 63.6. The third-order valence-electron chi connectivity index (χ3n) is 6.68. The van der Waals surface area contributed by atoms with Gasteiger partial charge in [0.15, 0.2) is 12.6 Å². The molecule has 0 aliphatic carbocycles. The molecule has 36 heavy (non-hydrogen) atoms. The van der Waals surface area contributed by atoms with E-state index in [1.807, 2.05) is 0 Å². The standard InChI is InChI=1S/C23H32O11S.Na/c24-9-14-13-3-1-2-8-31-22-19(28)17(26)20(34-23(32-14)18(27)16(13)25)15(33-22)10-35-12-6-4-11(5-7-12)21(29)30;/h4-7,13-20,22-28H,1-3,8-10H2,(H,29,30);/q;+1/p-1. The molecule has 196 valence electrons. The van der Waals surface area contributed by atoms with E-state index in [4.69, 9.17) is 18.9 Å². The molecule has 13 heteroatoms. The van der Waals surface area contributed by atoms with Gasteiger partial charge in [-0.2, -0.15) is 0 Å². The van der Waals surface area contributed by atoms with Crippen LogP contribution >= 0.6 is 11.8 Å². The summed E-state index contributed by atoms with van der Waals surface area (Å²) in [6, 6.07) is 6.04. The van der Waals surface area contributed by atoms with Gasteiger partial charge in [-0.15, -0.1) is 11.8 Å². The van der Waals surface area contributed by atoms with Crippen LogP contribution in [0.15, 0.2) is 29.2 Å². The summed E-state index contributed by atoms with van der Waals surface area (Å²) < 4.78 is 23.3. The normalized spacial score (nSPS) is 39.2. The van der Waals surface area contributed by atoms with E-state index in [-0.39, 0.29) is 54.1 Å². The molecule has 6 aliphatic heterocycles. The van der Waals surface area contributed by atoms with E-state index in [2.05, 4.69) is 0 Å². The Hall–Kier alpha value is -0.320. The maximum Gasteiger partial charge on any atom is 1.00 e. The number of benzene rings is 1. The largest absolute Gasteiger partial charge is 1.00 e. The van der Waals surface area contributed by atoms with Crippen LogP contribution in [0.25, 0.3) is 0 Å². The Morgan fingerprint density at radius 2 is 1.58 bits per heavy atom. The van der Waals surface area contributed by atoms with Crippen LogP contribution in [0.3, 0.4) is 0 Å². The number of aliphatic hydroxyl groups is 5. The van der Waals surface area contributed by atoms with Crippen molar-refractivity contribution in [2.24, 2.45) is 5.92 Å². The van der Waals surface area contributed by atoms with Gasteiger partial charge in [-0.05, 0) is 30.5 Å². The molecule has 10 unspecified atom stereocenters. The van der Waals surface area contributed by atoms with E-state index in [9.17, 15) is 35.4 Å². The van der Waals surface area contributed by atoms with Crippen LogP contribution in [0.5, 0.6) is 0 Å². The van der Waals surface area contributed by atoms with Crippen molar-refractivity contribution in [3.63, 3.8) is 0 Å². The molecular formula is C23H31NaO11S. The van der Waals surface area contributed by atoms with Crippen LogP contribution in [0.1, 0.15) is 29.6 Å². The zero-order valence-corrected chi connectivity index (χ0v) is 22.7. The van der Waals surface area contributed by atoms with Crippen LogP contribution in [-0.4, -0.2) is 106 Å². The predicted molar refractivity (Wildman–Crippen MR) is 118 cm³/mol. The Balaban J connectivity index is 0.00000361. The zero-order valence-electron chi connectivity index (χ0n) is 19.9. The number of rotatable bonds is 5. The molecule has 7 rings (SSSR count). The number of hydrogen-bond acceptors (Lipinski definition) is 12. The predicted octanol–water partition coefficient (Wildman–Crippen LogP) is -4.77. The Bertz CT molecular complexity index is 844. The van der Waals surface area contributed by atoms with Crippen molar-refractivity contribution in [2.45, 2.75) is 79.5 Å². The van der Waals surface area contributed by atoms with Gasteiger partial charge < -0.3 is 54.4 Å². The molecular weight excluding hydrogens is 507 g/mol. The van der Waals surface area contributed by atoms with Gasteiger partial charge in [-0.1, -0.05) is 18.6 Å². The first-order chi connectivity index (χ1) is 16.8. The number of ether oxygens (including phenoxy) is 4. The van der Waals surface area contributed by atoms with Crippen molar-refractivity contribution in [2.75, 3.05) is 19.0 Å². The molecule has 6 aliphatic rings. The van der Waals surface area contributed by atoms with Crippen LogP contribution in [0.2, 0.25) is 0 Å². The smallest absolute Gasteiger partial charge is 0.545 e. The molecule has 0 spiro atoms. The first-order valence-corrected chi connectivity index (χ1v) is 12.6. The van der Waals surface area contributed by atoms with Crippen molar-refractivity contribution in [3.8, 4) is 0 Å². The van der Waals surface area contributed by atoms with Gasteiger partial charge in [0.1, 0.15) is 24.4 Å². The summed E-state index contributed by atoms with van der Waals surface area (Å²) in [4.78, 5) is 11.7. The maximum absolute atomic E-state index is 11.0. The minimum atomic E-state index is -1.46. The minimum Gasteiger partial charge on any atom is -0.545 e. The Kier molecular flexibility index (Phi) is 11.5. The average molecular weight is 539 g/mol. The van der Waals surface area contributed by atoms with E-state index in [0.717, 1.165) is 4.90 Å². The summed E-state index contributed by atoms with van der Waals surface area (Å²) in [6.07, 6.45) is -9.13. The van der Waals surface area contributed by atoms with Gasteiger partial charge in [-0.3, -0.25) is 0 Å². The molecule has 1 aromatic rings. The van der Waals surface area contributed by atoms with Crippen LogP contribution in [-0.2, 0) is 18.9 Å². The van der Waals surface area contributed by atoms with Crippen molar-refractivity contribution in [3.05, 3.63) is 29.8 Å². The number of thioether (sulfide) groups is 1. The van der Waals surface area contributed by atoms with E-state index >= 15 is 0 Å². The summed E-state index contributed by atoms with van der Waals surface area (Å²) in [5.74, 6) is -1.57. The number of carboxylic acids is 1. The quantitative estimate of drug-likeness (QED) is 0.179. The van der Waals surface area contributed by atoms with Crippen LogP contribution in [0, 0.1) is 5.92 Å². The molecule has 1 aromatic carbocycles. The van der Waals surface area contributed by atoms with E-state index in [0.29, 0.717) is 19.3 Å². The third-order valence-corrected chi connectivity index (χ3v) is 7.78. The molecule has 0 aromatic heterocycles. The molecule has 6 fully saturated rings. The second-order valence-corrected chi connectivity index (χ2v) is 10.1. The fourth-order valence-corrected chi connectivity index (χ4v) is 5.64. The first kappa shape index (κ1) is 30.2. The third kappa shape index (κ3) is 6.81. The first-order valence-electron chi connectivity index (χ1n) is 11.7. The SMILES string of the molecule is O=C([O-])c1ccc(SCC2OC3OCCCCC4C(CO)OC(OC2C(O)C3O)C(O)C4O)cc1.[Na+]. The topological polar surface area (TPSA) is 178 Å². The van der Waals surface area contributed by atoms with Crippen LogP contribution < -0.4 is 34.7 Å². The van der Waals surface area contributed by atoms with Crippen molar-refractivity contribution in [1.29, 1.82) is 0 Å². The average Bonchev–Trinajstić information content (AvgIpc) is 2.85. The molecule has 6 saturated heterocycles. The number of hydrogen-bond donors (Lipinski definition) is 5. The molecule has 4 bridgehead atoms. The van der Waals surface area contributed by atoms with Gasteiger partial charge in [0, 0.05) is 23.2 Å². The summed E-state index contributed by atoms with van der Waals surface area (Å²) >= 11 is 1.30. The fraction of sp³-hybridized carbons (Fsp3) is 0.696. The molecule has 0 amide bonds. The van der Waals surface area contributed by atoms with Crippen molar-refractivity contribution < 1.29 is 83.9 Å². The molecule has 0 radical (unpaired) electrons. The van der Waals surface area contributed by atoms with E-state index < -0.39 is 67.2 Å². The van der Waals surface area contributed by atoms with Gasteiger partial charge in [0.05, 0.1) is 30.9 Å². The number of carbonyl (C=O) groups is 1. The minimum absolute atomic E-state index is 0. The Morgan fingerprint density at radius 3 is 2.25 bits per heavy atom. The maximum atomic E-state index is 11.0. The summed E-state index contributed by atoms with van der Waals surface area (Å²) in [7, 11) is 0. The second kappa shape index (κ2) is 13.7. The van der Waals surface area contributed by atoms with E-state index in [1.165, 1.54) is 23.9 Å². The molecule has 11 nitrogen and oxygen atoms in total. The Labute approximate surface area is 235 Å². The molecule has 0 saturated carbocycles. The van der Waals surface area contributed by atoms with Gasteiger partial charge in [0.25, 0.3) is 0 Å². The van der Waals surface area contributed by atoms with Crippen molar-refractivity contribution in [1.82, 2.24) is 0 Å². The fourth-order valence-electron chi connectivity index (χ4n) is 4.68. The summed E-state index contributed by atoms with van der Waals surface area (Å²) in [5.41, 5.74) is 0.0386.